The number of thiazole rings is 1. The maximum Gasteiger partial charge on any atom is 0.270 e. The van der Waals surface area contributed by atoms with Crippen molar-refractivity contribution in [1.29, 1.82) is 0 Å². The van der Waals surface area contributed by atoms with Gasteiger partial charge in [-0.2, -0.15) is 0 Å². The van der Waals surface area contributed by atoms with E-state index in [1.54, 1.807) is 28.4 Å². The standard InChI is InChI=1S/C19H22ClN3OS2.ClH/c1-4-22(5-2)11-12-23(18(24)15-9-10-16(20)25-15)19-21-17-13(3)7-6-8-14(17)26-19;/h6-10H,4-5,11-12H2,1-3H3;1H. The monoisotopic (exact) mass is 443 g/mol. The fraction of sp³-hybridized carbons (Fsp3) is 0.368. The molecule has 1 aromatic carbocycles. The molecule has 0 N–H and O–H groups in total. The van der Waals surface area contributed by atoms with Crippen LogP contribution in [0.4, 0.5) is 5.13 Å². The van der Waals surface area contributed by atoms with Crippen LogP contribution < -0.4 is 4.90 Å². The number of likely N-dealkylation sites (N-methyl/N-ethyl adjacent to an activating group) is 1. The number of halogens is 2. The fourth-order valence-corrected chi connectivity index (χ4v) is 4.88. The van der Waals surface area contributed by atoms with E-state index in [0.29, 0.717) is 15.8 Å². The van der Waals surface area contributed by atoms with Crippen molar-refractivity contribution in [3.05, 3.63) is 45.1 Å². The van der Waals surface area contributed by atoms with Crippen LogP contribution in [0.2, 0.25) is 4.34 Å². The number of aryl methyl sites for hydroxylation is 1. The molecule has 0 fully saturated rings. The molecule has 3 rings (SSSR count). The topological polar surface area (TPSA) is 36.4 Å². The van der Waals surface area contributed by atoms with Gasteiger partial charge in [-0.3, -0.25) is 9.69 Å². The van der Waals surface area contributed by atoms with Crippen LogP contribution in [-0.4, -0.2) is 42.0 Å². The van der Waals surface area contributed by atoms with Gasteiger partial charge in [0, 0.05) is 13.1 Å². The average molecular weight is 444 g/mol. The van der Waals surface area contributed by atoms with Crippen molar-refractivity contribution in [3.8, 4) is 0 Å². The Bertz CT molecular complexity index is 905. The van der Waals surface area contributed by atoms with Crippen LogP contribution in [0.5, 0.6) is 0 Å². The van der Waals surface area contributed by atoms with E-state index in [4.69, 9.17) is 16.6 Å². The Balaban J connectivity index is 0.00000261. The highest BCUT2D eigenvalue weighted by molar-refractivity contribution is 7.22. The summed E-state index contributed by atoms with van der Waals surface area (Å²) in [5.41, 5.74) is 2.10. The minimum absolute atomic E-state index is 0. The molecule has 0 radical (unpaired) electrons. The zero-order chi connectivity index (χ0) is 18.7. The van der Waals surface area contributed by atoms with Gasteiger partial charge in [0.1, 0.15) is 0 Å². The van der Waals surface area contributed by atoms with Gasteiger partial charge in [-0.1, -0.05) is 48.9 Å². The Labute approximate surface area is 179 Å². The summed E-state index contributed by atoms with van der Waals surface area (Å²) in [6.45, 7) is 9.66. The van der Waals surface area contributed by atoms with Crippen LogP contribution in [0.3, 0.4) is 0 Å². The second-order valence-electron chi connectivity index (χ2n) is 6.01. The Morgan fingerprint density at radius 1 is 1.11 bits per heavy atom. The number of carbonyl (C=O) groups excluding carboxylic acids is 1. The maximum absolute atomic E-state index is 13.1. The number of amides is 1. The van der Waals surface area contributed by atoms with Crippen LogP contribution >= 0.6 is 46.7 Å². The van der Waals surface area contributed by atoms with E-state index in [-0.39, 0.29) is 18.3 Å². The van der Waals surface area contributed by atoms with Crippen molar-refractivity contribution in [2.24, 2.45) is 0 Å². The van der Waals surface area contributed by atoms with Crippen LogP contribution in [0, 0.1) is 6.92 Å². The molecule has 146 valence electrons. The summed E-state index contributed by atoms with van der Waals surface area (Å²) < 4.78 is 1.72. The van der Waals surface area contributed by atoms with E-state index in [1.807, 2.05) is 19.1 Å². The predicted molar refractivity (Wildman–Crippen MR) is 120 cm³/mol. The van der Waals surface area contributed by atoms with Gasteiger partial charge in [-0.25, -0.2) is 4.98 Å². The van der Waals surface area contributed by atoms with Crippen molar-refractivity contribution in [3.63, 3.8) is 0 Å². The number of para-hydroxylation sites is 1. The van der Waals surface area contributed by atoms with Crippen LogP contribution in [0.15, 0.2) is 30.3 Å². The summed E-state index contributed by atoms with van der Waals surface area (Å²) in [6, 6.07) is 9.69. The first-order valence-corrected chi connectivity index (χ1v) is 10.7. The number of hydrogen-bond donors (Lipinski definition) is 0. The zero-order valence-corrected chi connectivity index (χ0v) is 18.8. The lowest BCUT2D eigenvalue weighted by Gasteiger charge is -2.24. The smallest absolute Gasteiger partial charge is 0.270 e. The highest BCUT2D eigenvalue weighted by Crippen LogP contribution is 2.32. The Morgan fingerprint density at radius 2 is 1.85 bits per heavy atom. The molecule has 1 amide bonds. The number of anilines is 1. The van der Waals surface area contributed by atoms with E-state index in [2.05, 4.69) is 24.8 Å². The molecule has 0 atom stereocenters. The highest BCUT2D eigenvalue weighted by atomic mass is 35.5. The molecule has 8 heteroatoms. The van der Waals surface area contributed by atoms with Crippen molar-refractivity contribution >= 4 is 67.9 Å². The molecular formula is C19H23Cl2N3OS2. The summed E-state index contributed by atoms with van der Waals surface area (Å²) in [6.07, 6.45) is 0. The number of aromatic nitrogens is 1. The van der Waals surface area contributed by atoms with Gasteiger partial charge in [0.2, 0.25) is 0 Å². The number of hydrogen-bond acceptors (Lipinski definition) is 5. The van der Waals surface area contributed by atoms with E-state index in [9.17, 15) is 4.79 Å². The van der Waals surface area contributed by atoms with Gasteiger partial charge in [-0.15, -0.1) is 23.7 Å². The van der Waals surface area contributed by atoms with Crippen molar-refractivity contribution in [2.75, 3.05) is 31.1 Å². The molecule has 0 aliphatic carbocycles. The molecule has 0 bridgehead atoms. The number of thiophene rings is 1. The number of carbonyl (C=O) groups is 1. The Kier molecular flexibility index (Phi) is 8.06. The normalized spacial score (nSPS) is 11.0. The first-order valence-electron chi connectivity index (χ1n) is 8.69. The maximum atomic E-state index is 13.1. The van der Waals surface area contributed by atoms with Crippen LogP contribution in [0.1, 0.15) is 29.1 Å². The Morgan fingerprint density at radius 3 is 2.44 bits per heavy atom. The molecule has 0 aliphatic rings. The molecule has 4 nitrogen and oxygen atoms in total. The molecule has 3 aromatic rings. The fourth-order valence-electron chi connectivity index (χ4n) is 2.82. The molecule has 2 aromatic heterocycles. The van der Waals surface area contributed by atoms with Gasteiger partial charge < -0.3 is 4.90 Å². The summed E-state index contributed by atoms with van der Waals surface area (Å²) in [5, 5.41) is 0.746. The second-order valence-corrected chi connectivity index (χ2v) is 8.73. The molecular weight excluding hydrogens is 421 g/mol. The SMILES string of the molecule is CCN(CC)CCN(C(=O)c1ccc(Cl)s1)c1nc2c(C)cccc2s1.Cl. The van der Waals surface area contributed by atoms with Gasteiger partial charge in [0.25, 0.3) is 5.91 Å². The van der Waals surface area contributed by atoms with Crippen molar-refractivity contribution in [2.45, 2.75) is 20.8 Å². The lowest BCUT2D eigenvalue weighted by Crippen LogP contribution is -2.38. The highest BCUT2D eigenvalue weighted by Gasteiger charge is 2.23. The average Bonchev–Trinajstić information content (AvgIpc) is 3.25. The van der Waals surface area contributed by atoms with Gasteiger partial charge >= 0.3 is 0 Å². The minimum Gasteiger partial charge on any atom is -0.302 e. The third-order valence-corrected chi connectivity index (χ3v) is 6.67. The summed E-state index contributed by atoms with van der Waals surface area (Å²) in [5.74, 6) is -0.0363. The Hall–Kier alpha value is -1.18. The summed E-state index contributed by atoms with van der Waals surface area (Å²) >= 11 is 8.91. The molecule has 27 heavy (non-hydrogen) atoms. The lowest BCUT2D eigenvalue weighted by atomic mass is 10.2. The zero-order valence-electron chi connectivity index (χ0n) is 15.6. The van der Waals surface area contributed by atoms with E-state index in [1.165, 1.54) is 11.3 Å². The molecule has 0 saturated carbocycles. The largest absolute Gasteiger partial charge is 0.302 e. The molecule has 0 unspecified atom stereocenters. The van der Waals surface area contributed by atoms with Crippen molar-refractivity contribution < 1.29 is 4.79 Å². The molecule has 2 heterocycles. The number of rotatable bonds is 7. The third kappa shape index (κ3) is 5.00. The first-order chi connectivity index (χ1) is 12.5. The number of nitrogens with zero attached hydrogens (tertiary/aromatic N) is 3. The van der Waals surface area contributed by atoms with Crippen LogP contribution in [-0.2, 0) is 0 Å². The van der Waals surface area contributed by atoms with E-state index in [0.717, 1.165) is 40.5 Å². The van der Waals surface area contributed by atoms with Crippen molar-refractivity contribution in [1.82, 2.24) is 9.88 Å². The van der Waals surface area contributed by atoms with Gasteiger partial charge in [-0.05, 0) is 43.8 Å². The predicted octanol–water partition coefficient (Wildman–Crippen LogP) is 5.73. The second kappa shape index (κ2) is 9.85. The number of fused-ring (bicyclic) bond motifs is 1. The quantitative estimate of drug-likeness (QED) is 0.467. The number of benzene rings is 1. The molecule has 0 saturated heterocycles. The summed E-state index contributed by atoms with van der Waals surface area (Å²) in [7, 11) is 0. The van der Waals surface area contributed by atoms with Gasteiger partial charge in [0.15, 0.2) is 5.13 Å². The first kappa shape index (κ1) is 22.1. The molecule has 0 spiro atoms. The third-order valence-electron chi connectivity index (χ3n) is 4.40. The van der Waals surface area contributed by atoms with E-state index < -0.39 is 0 Å². The minimum atomic E-state index is -0.0363. The summed E-state index contributed by atoms with van der Waals surface area (Å²) in [4.78, 5) is 22.7. The van der Waals surface area contributed by atoms with E-state index >= 15 is 0 Å². The van der Waals surface area contributed by atoms with Crippen LogP contribution in [0.25, 0.3) is 10.2 Å². The molecule has 0 aliphatic heterocycles. The lowest BCUT2D eigenvalue weighted by molar-refractivity contribution is 0.0987. The van der Waals surface area contributed by atoms with Gasteiger partial charge in [0.05, 0.1) is 19.4 Å².